The van der Waals surface area contributed by atoms with Crippen LogP contribution < -0.4 is 9.47 Å². The van der Waals surface area contributed by atoms with Crippen molar-refractivity contribution in [1.82, 2.24) is 4.90 Å². The Hall–Kier alpha value is -3.02. The highest BCUT2D eigenvalue weighted by atomic mass is 16.5. The monoisotopic (exact) mass is 343 g/mol. The fourth-order valence-corrected chi connectivity index (χ4v) is 2.57. The van der Waals surface area contributed by atoms with Crippen molar-refractivity contribution in [2.75, 3.05) is 28.4 Å². The molecule has 2 rings (SSSR count). The molecule has 0 aliphatic rings. The van der Waals surface area contributed by atoms with Crippen LogP contribution in [-0.2, 0) is 11.3 Å². The largest absolute Gasteiger partial charge is 0.493 e. The Kier molecular flexibility index (Phi) is 6.00. The summed E-state index contributed by atoms with van der Waals surface area (Å²) in [6.45, 7) is 0.300. The molecular formula is C19H21NO5. The molecule has 2 aromatic carbocycles. The highest BCUT2D eigenvalue weighted by Crippen LogP contribution is 2.31. The number of carbonyl (C=O) groups is 2. The van der Waals surface area contributed by atoms with Crippen LogP contribution in [0.5, 0.6) is 11.5 Å². The van der Waals surface area contributed by atoms with E-state index >= 15 is 0 Å². The van der Waals surface area contributed by atoms with Crippen molar-refractivity contribution in [2.45, 2.75) is 6.54 Å². The molecule has 2 aromatic rings. The van der Waals surface area contributed by atoms with Gasteiger partial charge in [-0.2, -0.15) is 0 Å². The van der Waals surface area contributed by atoms with Crippen molar-refractivity contribution in [3.63, 3.8) is 0 Å². The van der Waals surface area contributed by atoms with Crippen LogP contribution in [0.1, 0.15) is 26.3 Å². The van der Waals surface area contributed by atoms with Gasteiger partial charge in [-0.05, 0) is 18.2 Å². The predicted octanol–water partition coefficient (Wildman–Crippen LogP) is 2.76. The molecule has 0 aromatic heterocycles. The number of para-hydroxylation sites is 1. The minimum atomic E-state index is -0.545. The molecule has 0 saturated heterocycles. The summed E-state index contributed by atoms with van der Waals surface area (Å²) in [7, 11) is 6.06. The van der Waals surface area contributed by atoms with Crippen molar-refractivity contribution in [3.8, 4) is 11.5 Å². The normalized spacial score (nSPS) is 10.1. The second-order valence-electron chi connectivity index (χ2n) is 5.35. The van der Waals surface area contributed by atoms with E-state index in [-0.39, 0.29) is 11.5 Å². The standard InChI is InChI=1S/C19H21NO5/c1-20(12-13-8-7-11-16(23-2)17(13)24-3)18(21)14-9-5-6-10-15(14)19(22)25-4/h5-11H,12H2,1-4H3. The summed E-state index contributed by atoms with van der Waals surface area (Å²) in [6.07, 6.45) is 0. The molecule has 0 aliphatic carbocycles. The van der Waals surface area contributed by atoms with E-state index in [9.17, 15) is 9.59 Å². The van der Waals surface area contributed by atoms with Crippen LogP contribution in [0.15, 0.2) is 42.5 Å². The van der Waals surface area contributed by atoms with Crippen LogP contribution >= 0.6 is 0 Å². The summed E-state index contributed by atoms with van der Waals surface area (Å²) in [5, 5.41) is 0. The van der Waals surface area contributed by atoms with Crippen molar-refractivity contribution in [2.24, 2.45) is 0 Å². The van der Waals surface area contributed by atoms with Crippen LogP contribution in [0, 0.1) is 0 Å². The van der Waals surface area contributed by atoms with Gasteiger partial charge >= 0.3 is 5.97 Å². The van der Waals surface area contributed by atoms with Crippen molar-refractivity contribution < 1.29 is 23.8 Å². The minimum Gasteiger partial charge on any atom is -0.493 e. The maximum absolute atomic E-state index is 12.8. The topological polar surface area (TPSA) is 65.1 Å². The highest BCUT2D eigenvalue weighted by Gasteiger charge is 2.21. The smallest absolute Gasteiger partial charge is 0.338 e. The number of amides is 1. The molecule has 6 nitrogen and oxygen atoms in total. The maximum atomic E-state index is 12.8. The Morgan fingerprint density at radius 1 is 0.920 bits per heavy atom. The number of rotatable bonds is 6. The lowest BCUT2D eigenvalue weighted by Gasteiger charge is -2.21. The van der Waals surface area contributed by atoms with E-state index in [1.54, 1.807) is 51.6 Å². The molecule has 0 bridgehead atoms. The van der Waals surface area contributed by atoms with Gasteiger partial charge in [-0.15, -0.1) is 0 Å². The summed E-state index contributed by atoms with van der Waals surface area (Å²) >= 11 is 0. The first-order chi connectivity index (χ1) is 12.0. The second-order valence-corrected chi connectivity index (χ2v) is 5.35. The number of carbonyl (C=O) groups excluding carboxylic acids is 2. The van der Waals surface area contributed by atoms with E-state index in [1.807, 2.05) is 12.1 Å². The van der Waals surface area contributed by atoms with Gasteiger partial charge in [0.15, 0.2) is 11.5 Å². The second kappa shape index (κ2) is 8.19. The summed E-state index contributed by atoms with van der Waals surface area (Å²) in [5.74, 6) is 0.337. The highest BCUT2D eigenvalue weighted by molar-refractivity contribution is 6.05. The van der Waals surface area contributed by atoms with Gasteiger partial charge in [0.25, 0.3) is 5.91 Å². The first-order valence-corrected chi connectivity index (χ1v) is 7.66. The molecule has 0 N–H and O–H groups in total. The molecule has 0 aliphatic heterocycles. The molecule has 0 unspecified atom stereocenters. The fraction of sp³-hybridized carbons (Fsp3) is 0.263. The Labute approximate surface area is 146 Å². The van der Waals surface area contributed by atoms with Crippen LogP contribution in [0.4, 0.5) is 0 Å². The van der Waals surface area contributed by atoms with Crippen LogP contribution in [-0.4, -0.2) is 45.2 Å². The molecule has 0 heterocycles. The molecule has 0 spiro atoms. The van der Waals surface area contributed by atoms with Gasteiger partial charge in [-0.3, -0.25) is 4.79 Å². The van der Waals surface area contributed by atoms with E-state index in [4.69, 9.17) is 14.2 Å². The molecule has 1 amide bonds. The third-order valence-corrected chi connectivity index (χ3v) is 3.80. The summed E-state index contributed by atoms with van der Waals surface area (Å²) in [6, 6.07) is 12.0. The molecular weight excluding hydrogens is 322 g/mol. The lowest BCUT2D eigenvalue weighted by Crippen LogP contribution is -2.28. The van der Waals surface area contributed by atoms with Crippen LogP contribution in [0.25, 0.3) is 0 Å². The summed E-state index contributed by atoms with van der Waals surface area (Å²) < 4.78 is 15.4. The van der Waals surface area contributed by atoms with Gasteiger partial charge in [0, 0.05) is 19.2 Å². The quantitative estimate of drug-likeness (QED) is 0.755. The Balaban J connectivity index is 2.30. The summed E-state index contributed by atoms with van der Waals surface area (Å²) in [5.41, 5.74) is 1.33. The third-order valence-electron chi connectivity index (χ3n) is 3.80. The van der Waals surface area contributed by atoms with Crippen molar-refractivity contribution >= 4 is 11.9 Å². The average Bonchev–Trinajstić information content (AvgIpc) is 2.66. The van der Waals surface area contributed by atoms with Gasteiger partial charge in [-0.1, -0.05) is 24.3 Å². The zero-order valence-electron chi connectivity index (χ0n) is 14.7. The Morgan fingerprint density at radius 3 is 2.20 bits per heavy atom. The van der Waals surface area contributed by atoms with Gasteiger partial charge in [-0.25, -0.2) is 4.79 Å². The SMILES string of the molecule is COC(=O)c1ccccc1C(=O)N(C)Cc1cccc(OC)c1OC. The van der Waals surface area contributed by atoms with Gasteiger partial charge in [0.1, 0.15) is 0 Å². The number of esters is 1. The van der Waals surface area contributed by atoms with Crippen molar-refractivity contribution in [3.05, 3.63) is 59.2 Å². The first kappa shape index (κ1) is 18.3. The fourth-order valence-electron chi connectivity index (χ4n) is 2.57. The molecule has 0 radical (unpaired) electrons. The van der Waals surface area contributed by atoms with E-state index in [0.29, 0.717) is 23.6 Å². The number of benzene rings is 2. The summed E-state index contributed by atoms with van der Waals surface area (Å²) in [4.78, 5) is 26.2. The number of nitrogens with zero attached hydrogens (tertiary/aromatic N) is 1. The van der Waals surface area contributed by atoms with Crippen molar-refractivity contribution in [1.29, 1.82) is 0 Å². The Morgan fingerprint density at radius 2 is 1.60 bits per heavy atom. The van der Waals surface area contributed by atoms with Gasteiger partial charge < -0.3 is 19.1 Å². The van der Waals surface area contributed by atoms with E-state index in [0.717, 1.165) is 5.56 Å². The van der Waals surface area contributed by atoms with E-state index < -0.39 is 5.97 Å². The predicted molar refractivity (Wildman–Crippen MR) is 93.1 cm³/mol. The van der Waals surface area contributed by atoms with Gasteiger partial charge in [0.2, 0.25) is 0 Å². The van der Waals surface area contributed by atoms with Gasteiger partial charge in [0.05, 0.1) is 32.5 Å². The lowest BCUT2D eigenvalue weighted by atomic mass is 10.1. The zero-order valence-corrected chi connectivity index (χ0v) is 14.7. The zero-order chi connectivity index (χ0) is 18.4. The molecule has 0 fully saturated rings. The third kappa shape index (κ3) is 3.91. The molecule has 25 heavy (non-hydrogen) atoms. The lowest BCUT2D eigenvalue weighted by molar-refractivity contribution is 0.0591. The molecule has 6 heteroatoms. The number of methoxy groups -OCH3 is 3. The van der Waals surface area contributed by atoms with Crippen LogP contribution in [0.2, 0.25) is 0 Å². The number of hydrogen-bond donors (Lipinski definition) is 0. The molecule has 0 saturated carbocycles. The van der Waals surface area contributed by atoms with E-state index in [2.05, 4.69) is 0 Å². The Bertz CT molecular complexity index is 772. The minimum absolute atomic E-state index is 0.236. The first-order valence-electron chi connectivity index (χ1n) is 7.66. The number of ether oxygens (including phenoxy) is 3. The molecule has 132 valence electrons. The number of hydrogen-bond acceptors (Lipinski definition) is 5. The van der Waals surface area contributed by atoms with Crippen LogP contribution in [0.3, 0.4) is 0 Å². The van der Waals surface area contributed by atoms with E-state index in [1.165, 1.54) is 12.0 Å². The average molecular weight is 343 g/mol. The molecule has 0 atom stereocenters. The maximum Gasteiger partial charge on any atom is 0.338 e.